The van der Waals surface area contributed by atoms with Crippen molar-refractivity contribution in [2.24, 2.45) is 28.6 Å². The highest BCUT2D eigenvalue weighted by Gasteiger charge is 2.61. The summed E-state index contributed by atoms with van der Waals surface area (Å²) in [7, 11) is 0. The second kappa shape index (κ2) is 3.53. The van der Waals surface area contributed by atoms with Gasteiger partial charge >= 0.3 is 0 Å². The zero-order valence-corrected chi connectivity index (χ0v) is 12.3. The maximum Gasteiger partial charge on any atom is 0.0132 e. The molecule has 4 saturated carbocycles. The summed E-state index contributed by atoms with van der Waals surface area (Å²) in [4.78, 5) is 0. The number of hydrogen-bond acceptors (Lipinski definition) is 1. The smallest absolute Gasteiger partial charge is 0.0132 e. The predicted octanol–water partition coefficient (Wildman–Crippen LogP) is 3.98. The number of fused-ring (bicyclic) bond motifs is 4. The fourth-order valence-corrected chi connectivity index (χ4v) is 6.16. The highest BCUT2D eigenvalue weighted by molar-refractivity contribution is 5.14. The van der Waals surface area contributed by atoms with Crippen LogP contribution in [0.1, 0.15) is 65.7 Å². The molecule has 0 aromatic heterocycles. The Bertz CT molecular complexity index is 361. The van der Waals surface area contributed by atoms with E-state index in [1.54, 1.807) is 0 Å². The van der Waals surface area contributed by atoms with Crippen LogP contribution in [-0.4, -0.2) is 12.1 Å². The zero-order chi connectivity index (χ0) is 12.5. The van der Waals surface area contributed by atoms with Gasteiger partial charge in [-0.15, -0.1) is 0 Å². The van der Waals surface area contributed by atoms with Crippen LogP contribution in [-0.2, 0) is 0 Å². The van der Waals surface area contributed by atoms with Crippen LogP contribution in [0.25, 0.3) is 0 Å². The van der Waals surface area contributed by atoms with Crippen LogP contribution in [0, 0.1) is 28.6 Å². The van der Waals surface area contributed by atoms with Gasteiger partial charge in [-0.3, -0.25) is 0 Å². The van der Waals surface area contributed by atoms with Crippen molar-refractivity contribution in [3.8, 4) is 0 Å². The monoisotopic (exact) mass is 247 g/mol. The normalized spacial score (nSPS) is 56.5. The molecule has 0 heterocycles. The highest BCUT2D eigenvalue weighted by atomic mass is 15.0. The molecule has 0 saturated heterocycles. The summed E-state index contributed by atoms with van der Waals surface area (Å²) in [6, 6.07) is 1.69. The molecule has 4 aliphatic rings. The summed E-state index contributed by atoms with van der Waals surface area (Å²) >= 11 is 0. The van der Waals surface area contributed by atoms with E-state index in [2.05, 4.69) is 26.1 Å². The molecule has 1 nitrogen and oxygen atoms in total. The Morgan fingerprint density at radius 2 is 1.78 bits per heavy atom. The van der Waals surface area contributed by atoms with Crippen molar-refractivity contribution >= 4 is 0 Å². The standard InChI is InChI=1S/C17H29N/c1-16(2)13-6-7-17(16,3)15(10-13)18-14-9-11-4-5-12(14)8-11/h11-15,18H,4-10H2,1-3H3. The molecule has 0 aliphatic heterocycles. The highest BCUT2D eigenvalue weighted by Crippen LogP contribution is 2.65. The molecule has 4 aliphatic carbocycles. The quantitative estimate of drug-likeness (QED) is 0.778. The van der Waals surface area contributed by atoms with Gasteiger partial charge in [0.25, 0.3) is 0 Å². The summed E-state index contributed by atoms with van der Waals surface area (Å²) in [5.41, 5.74) is 1.14. The van der Waals surface area contributed by atoms with Gasteiger partial charge in [0.2, 0.25) is 0 Å². The lowest BCUT2D eigenvalue weighted by atomic mass is 9.69. The van der Waals surface area contributed by atoms with Gasteiger partial charge in [0.1, 0.15) is 0 Å². The fourth-order valence-electron chi connectivity index (χ4n) is 6.16. The molecule has 0 spiro atoms. The van der Waals surface area contributed by atoms with Crippen LogP contribution in [0.4, 0.5) is 0 Å². The van der Waals surface area contributed by atoms with Gasteiger partial charge in [0.05, 0.1) is 0 Å². The SMILES string of the molecule is CC1(C)C2CCC1(C)C(NC1CC3CCC1C3)C2. The second-order valence-electron chi connectivity index (χ2n) is 8.61. The molecule has 6 unspecified atom stereocenters. The van der Waals surface area contributed by atoms with Crippen molar-refractivity contribution in [3.05, 3.63) is 0 Å². The molecule has 1 N–H and O–H groups in total. The first-order valence-corrected chi connectivity index (χ1v) is 8.27. The first-order chi connectivity index (χ1) is 8.50. The van der Waals surface area contributed by atoms with E-state index in [1.807, 2.05) is 0 Å². The third-order valence-corrected chi connectivity index (χ3v) is 7.95. The third kappa shape index (κ3) is 1.32. The molecule has 102 valence electrons. The molecule has 18 heavy (non-hydrogen) atoms. The molecule has 4 rings (SSSR count). The minimum atomic E-state index is 0.569. The largest absolute Gasteiger partial charge is 0.310 e. The molecular formula is C17H29N. The van der Waals surface area contributed by atoms with E-state index in [4.69, 9.17) is 0 Å². The molecular weight excluding hydrogens is 218 g/mol. The van der Waals surface area contributed by atoms with E-state index < -0.39 is 0 Å². The predicted molar refractivity (Wildman–Crippen MR) is 75.4 cm³/mol. The van der Waals surface area contributed by atoms with Crippen molar-refractivity contribution in [1.82, 2.24) is 5.32 Å². The molecule has 4 bridgehead atoms. The Balaban J connectivity index is 1.51. The minimum Gasteiger partial charge on any atom is -0.310 e. The summed E-state index contributed by atoms with van der Waals surface area (Å²) in [6.45, 7) is 7.64. The second-order valence-corrected chi connectivity index (χ2v) is 8.61. The van der Waals surface area contributed by atoms with Crippen molar-refractivity contribution in [2.75, 3.05) is 0 Å². The van der Waals surface area contributed by atoms with E-state index in [-0.39, 0.29) is 0 Å². The lowest BCUT2D eigenvalue weighted by molar-refractivity contribution is 0.109. The maximum absolute atomic E-state index is 4.14. The van der Waals surface area contributed by atoms with Gasteiger partial charge in [-0.25, -0.2) is 0 Å². The maximum atomic E-state index is 4.14. The number of hydrogen-bond donors (Lipinski definition) is 1. The third-order valence-electron chi connectivity index (χ3n) is 7.95. The number of rotatable bonds is 2. The van der Waals surface area contributed by atoms with E-state index in [1.165, 1.54) is 44.9 Å². The molecule has 6 atom stereocenters. The molecule has 0 aromatic carbocycles. The molecule has 0 radical (unpaired) electrons. The van der Waals surface area contributed by atoms with Gasteiger partial charge in [-0.05, 0) is 67.1 Å². The minimum absolute atomic E-state index is 0.569. The summed E-state index contributed by atoms with van der Waals surface area (Å²) in [5, 5.41) is 4.14. The van der Waals surface area contributed by atoms with Crippen molar-refractivity contribution < 1.29 is 0 Å². The Morgan fingerprint density at radius 1 is 0.944 bits per heavy atom. The topological polar surface area (TPSA) is 12.0 Å². The van der Waals surface area contributed by atoms with Gasteiger partial charge in [0, 0.05) is 12.1 Å². The van der Waals surface area contributed by atoms with Crippen LogP contribution in [0.5, 0.6) is 0 Å². The fraction of sp³-hybridized carbons (Fsp3) is 1.00. The van der Waals surface area contributed by atoms with Crippen LogP contribution >= 0.6 is 0 Å². The van der Waals surface area contributed by atoms with E-state index in [9.17, 15) is 0 Å². The van der Waals surface area contributed by atoms with Crippen LogP contribution in [0.2, 0.25) is 0 Å². The Hall–Kier alpha value is -0.0400. The number of nitrogens with one attached hydrogen (secondary N) is 1. The Morgan fingerprint density at radius 3 is 2.28 bits per heavy atom. The van der Waals surface area contributed by atoms with Gasteiger partial charge in [-0.1, -0.05) is 27.2 Å². The lowest BCUT2D eigenvalue weighted by Gasteiger charge is -2.42. The van der Waals surface area contributed by atoms with E-state index >= 15 is 0 Å². The van der Waals surface area contributed by atoms with Gasteiger partial charge in [0.15, 0.2) is 0 Å². The van der Waals surface area contributed by atoms with Gasteiger partial charge in [-0.2, -0.15) is 0 Å². The van der Waals surface area contributed by atoms with Crippen LogP contribution in [0.15, 0.2) is 0 Å². The van der Waals surface area contributed by atoms with Gasteiger partial charge < -0.3 is 5.32 Å². The molecule has 0 aromatic rings. The van der Waals surface area contributed by atoms with E-state index in [0.717, 1.165) is 29.8 Å². The molecule has 1 heteroatoms. The summed E-state index contributed by atoms with van der Waals surface area (Å²) in [5.74, 6) is 3.09. The average Bonchev–Trinajstić information content (AvgIpc) is 3.01. The van der Waals surface area contributed by atoms with E-state index in [0.29, 0.717) is 10.8 Å². The summed E-state index contributed by atoms with van der Waals surface area (Å²) in [6.07, 6.45) is 10.5. The lowest BCUT2D eigenvalue weighted by Crippen LogP contribution is -2.49. The zero-order valence-electron chi connectivity index (χ0n) is 12.3. The molecule has 0 amide bonds. The summed E-state index contributed by atoms with van der Waals surface area (Å²) < 4.78 is 0. The Labute approximate surface area is 112 Å². The first-order valence-electron chi connectivity index (χ1n) is 8.27. The van der Waals surface area contributed by atoms with Crippen molar-refractivity contribution in [2.45, 2.75) is 77.8 Å². The molecule has 4 fully saturated rings. The van der Waals surface area contributed by atoms with Crippen molar-refractivity contribution in [1.29, 1.82) is 0 Å². The Kier molecular flexibility index (Phi) is 2.31. The van der Waals surface area contributed by atoms with Crippen LogP contribution < -0.4 is 5.32 Å². The van der Waals surface area contributed by atoms with Crippen molar-refractivity contribution in [3.63, 3.8) is 0 Å². The van der Waals surface area contributed by atoms with Crippen LogP contribution in [0.3, 0.4) is 0 Å². The average molecular weight is 247 g/mol. The first kappa shape index (κ1) is 11.8.